The number of sulfone groups is 1. The van der Waals surface area contributed by atoms with Crippen LogP contribution in [0.2, 0.25) is 0 Å². The van der Waals surface area contributed by atoms with Crippen LogP contribution in [0.5, 0.6) is 5.75 Å². The van der Waals surface area contributed by atoms with Crippen molar-refractivity contribution in [2.24, 2.45) is 0 Å². The van der Waals surface area contributed by atoms with Crippen LogP contribution in [0.3, 0.4) is 0 Å². The Kier molecular flexibility index (Phi) is 4.94. The van der Waals surface area contributed by atoms with Crippen molar-refractivity contribution in [2.75, 3.05) is 24.7 Å². The predicted octanol–water partition coefficient (Wildman–Crippen LogP) is 2.14. The summed E-state index contributed by atoms with van der Waals surface area (Å²) in [5.74, 6) is 1.43. The molecule has 1 aromatic carbocycles. The summed E-state index contributed by atoms with van der Waals surface area (Å²) in [7, 11) is -2.81. The minimum absolute atomic E-state index is 0.0829. The van der Waals surface area contributed by atoms with Gasteiger partial charge in [-0.25, -0.2) is 8.42 Å². The average molecular weight is 311 g/mol. The maximum Gasteiger partial charge on any atom is 0.151 e. The van der Waals surface area contributed by atoms with Crippen molar-refractivity contribution in [3.05, 3.63) is 29.8 Å². The van der Waals surface area contributed by atoms with E-state index in [1.165, 1.54) is 5.56 Å². The van der Waals surface area contributed by atoms with Gasteiger partial charge in [0.1, 0.15) is 12.4 Å². The molecule has 0 aliphatic carbocycles. The third-order valence-corrected chi connectivity index (χ3v) is 5.50. The molecule has 4 nitrogen and oxygen atoms in total. The largest absolute Gasteiger partial charge is 0.492 e. The maximum atomic E-state index is 11.4. The highest BCUT2D eigenvalue weighted by Gasteiger charge is 2.27. The van der Waals surface area contributed by atoms with E-state index in [0.29, 0.717) is 25.3 Å². The Labute approximate surface area is 127 Å². The Bertz CT molecular complexity index is 575. The molecule has 118 valence electrons. The van der Waals surface area contributed by atoms with E-state index in [1.807, 2.05) is 12.1 Å². The monoisotopic (exact) mass is 311 g/mol. The Hall–Kier alpha value is -1.07. The number of hydrogen-bond acceptors (Lipinski definition) is 4. The van der Waals surface area contributed by atoms with Crippen molar-refractivity contribution in [1.82, 2.24) is 5.32 Å². The number of nitrogens with one attached hydrogen (secondary N) is 1. The van der Waals surface area contributed by atoms with Gasteiger partial charge in [0.05, 0.1) is 11.5 Å². The Morgan fingerprint density at radius 3 is 2.71 bits per heavy atom. The molecule has 1 atom stereocenters. The van der Waals surface area contributed by atoms with E-state index in [-0.39, 0.29) is 17.2 Å². The van der Waals surface area contributed by atoms with Gasteiger partial charge in [-0.1, -0.05) is 32.9 Å². The van der Waals surface area contributed by atoms with Gasteiger partial charge >= 0.3 is 0 Å². The molecule has 1 N–H and O–H groups in total. The topological polar surface area (TPSA) is 55.4 Å². The summed E-state index contributed by atoms with van der Waals surface area (Å²) in [6.45, 7) is 7.74. The fourth-order valence-corrected chi connectivity index (χ4v) is 4.15. The quantitative estimate of drug-likeness (QED) is 0.847. The summed E-state index contributed by atoms with van der Waals surface area (Å²) < 4.78 is 28.5. The summed E-state index contributed by atoms with van der Waals surface area (Å²) in [5.41, 5.74) is 1.35. The van der Waals surface area contributed by atoms with Crippen LogP contribution in [0.1, 0.15) is 32.8 Å². The zero-order valence-electron chi connectivity index (χ0n) is 13.1. The molecule has 2 rings (SSSR count). The first kappa shape index (κ1) is 16.3. The Balaban J connectivity index is 1.77. The first-order chi connectivity index (χ1) is 9.76. The van der Waals surface area contributed by atoms with E-state index < -0.39 is 9.84 Å². The van der Waals surface area contributed by atoms with Gasteiger partial charge in [-0.3, -0.25) is 0 Å². The van der Waals surface area contributed by atoms with Crippen LogP contribution in [0, 0.1) is 0 Å². The van der Waals surface area contributed by atoms with Crippen molar-refractivity contribution in [2.45, 2.75) is 38.6 Å². The number of ether oxygens (including phenoxy) is 1. The van der Waals surface area contributed by atoms with E-state index >= 15 is 0 Å². The molecule has 0 bridgehead atoms. The molecule has 21 heavy (non-hydrogen) atoms. The molecule has 0 spiro atoms. The highest BCUT2D eigenvalue weighted by Crippen LogP contribution is 2.25. The molecule has 1 fully saturated rings. The molecule has 0 aromatic heterocycles. The summed E-state index contributed by atoms with van der Waals surface area (Å²) >= 11 is 0. The van der Waals surface area contributed by atoms with E-state index in [0.717, 1.165) is 5.75 Å². The van der Waals surface area contributed by atoms with Crippen molar-refractivity contribution in [3.63, 3.8) is 0 Å². The molecule has 0 saturated carbocycles. The van der Waals surface area contributed by atoms with Gasteiger partial charge < -0.3 is 10.1 Å². The van der Waals surface area contributed by atoms with E-state index in [4.69, 9.17) is 4.74 Å². The second-order valence-electron chi connectivity index (χ2n) is 6.68. The lowest BCUT2D eigenvalue weighted by Crippen LogP contribution is -2.33. The minimum Gasteiger partial charge on any atom is -0.492 e. The van der Waals surface area contributed by atoms with Crippen LogP contribution in [0.4, 0.5) is 0 Å². The normalized spacial score (nSPS) is 21.4. The van der Waals surface area contributed by atoms with Gasteiger partial charge in [-0.15, -0.1) is 0 Å². The van der Waals surface area contributed by atoms with Crippen LogP contribution in [0.15, 0.2) is 24.3 Å². The fraction of sp³-hybridized carbons (Fsp3) is 0.625. The molecule has 1 aliphatic heterocycles. The fourth-order valence-electron chi connectivity index (χ4n) is 2.44. The smallest absolute Gasteiger partial charge is 0.151 e. The zero-order valence-corrected chi connectivity index (χ0v) is 13.9. The molecule has 0 radical (unpaired) electrons. The SMILES string of the molecule is CC(C)(C)c1cccc(OCCNC2CCS(=O)(=O)C2)c1. The summed E-state index contributed by atoms with van der Waals surface area (Å²) in [4.78, 5) is 0. The molecule has 0 amide bonds. The summed E-state index contributed by atoms with van der Waals surface area (Å²) in [5, 5.41) is 3.25. The molecular weight excluding hydrogens is 286 g/mol. The van der Waals surface area contributed by atoms with E-state index in [9.17, 15) is 8.42 Å². The van der Waals surface area contributed by atoms with Gasteiger partial charge in [-0.05, 0) is 29.5 Å². The lowest BCUT2D eigenvalue weighted by molar-refractivity contribution is 0.306. The second-order valence-corrected chi connectivity index (χ2v) is 8.91. The summed E-state index contributed by atoms with van der Waals surface area (Å²) in [6, 6.07) is 8.22. The first-order valence-electron chi connectivity index (χ1n) is 7.43. The van der Waals surface area contributed by atoms with Crippen molar-refractivity contribution in [3.8, 4) is 5.75 Å². The first-order valence-corrected chi connectivity index (χ1v) is 9.25. The molecule has 1 aliphatic rings. The Morgan fingerprint density at radius 1 is 1.33 bits per heavy atom. The maximum absolute atomic E-state index is 11.4. The van der Waals surface area contributed by atoms with Crippen LogP contribution in [-0.2, 0) is 15.3 Å². The minimum atomic E-state index is -2.81. The van der Waals surface area contributed by atoms with Crippen LogP contribution in [0.25, 0.3) is 0 Å². The van der Waals surface area contributed by atoms with Gasteiger partial charge in [0.2, 0.25) is 0 Å². The third kappa shape index (κ3) is 5.00. The molecule has 5 heteroatoms. The van der Waals surface area contributed by atoms with Crippen LogP contribution >= 0.6 is 0 Å². The lowest BCUT2D eigenvalue weighted by atomic mass is 9.87. The number of benzene rings is 1. The van der Waals surface area contributed by atoms with Gasteiger partial charge in [0, 0.05) is 12.6 Å². The molecule has 1 unspecified atom stereocenters. The standard InChI is InChI=1S/C16H25NO3S/c1-16(2,3)13-5-4-6-15(11-13)20-9-8-17-14-7-10-21(18,19)12-14/h4-6,11,14,17H,7-10,12H2,1-3H3. The molecule has 1 aromatic rings. The van der Waals surface area contributed by atoms with Gasteiger partial charge in [0.15, 0.2) is 9.84 Å². The third-order valence-electron chi connectivity index (χ3n) is 3.74. The number of rotatable bonds is 5. The second kappa shape index (κ2) is 6.36. The Morgan fingerprint density at radius 2 is 2.10 bits per heavy atom. The van der Waals surface area contributed by atoms with Crippen LogP contribution in [-0.4, -0.2) is 39.1 Å². The van der Waals surface area contributed by atoms with E-state index in [1.54, 1.807) is 0 Å². The molecule has 1 heterocycles. The molecular formula is C16H25NO3S. The average Bonchev–Trinajstić information content (AvgIpc) is 2.74. The molecule has 1 saturated heterocycles. The van der Waals surface area contributed by atoms with Gasteiger partial charge in [0.25, 0.3) is 0 Å². The van der Waals surface area contributed by atoms with Crippen molar-refractivity contribution < 1.29 is 13.2 Å². The van der Waals surface area contributed by atoms with Gasteiger partial charge in [-0.2, -0.15) is 0 Å². The van der Waals surface area contributed by atoms with Crippen LogP contribution < -0.4 is 10.1 Å². The predicted molar refractivity (Wildman–Crippen MR) is 85.7 cm³/mol. The van der Waals surface area contributed by atoms with E-state index in [2.05, 4.69) is 38.2 Å². The number of hydrogen-bond donors (Lipinski definition) is 1. The highest BCUT2D eigenvalue weighted by atomic mass is 32.2. The zero-order chi connectivity index (χ0) is 15.5. The summed E-state index contributed by atoms with van der Waals surface area (Å²) in [6.07, 6.45) is 0.710. The lowest BCUT2D eigenvalue weighted by Gasteiger charge is -2.20. The van der Waals surface area contributed by atoms with Crippen molar-refractivity contribution >= 4 is 9.84 Å². The van der Waals surface area contributed by atoms with Crippen molar-refractivity contribution in [1.29, 1.82) is 0 Å². The highest BCUT2D eigenvalue weighted by molar-refractivity contribution is 7.91.